The number of hydrogen-bond donors (Lipinski definition) is 1. The van der Waals surface area contributed by atoms with Crippen LogP contribution in [0, 0.1) is 0 Å². The summed E-state index contributed by atoms with van der Waals surface area (Å²) in [7, 11) is 1.86. The van der Waals surface area contributed by atoms with E-state index in [2.05, 4.69) is 15.3 Å². The third-order valence-corrected chi connectivity index (χ3v) is 4.42. The van der Waals surface area contributed by atoms with E-state index in [1.165, 1.54) is 0 Å². The fourth-order valence-corrected chi connectivity index (χ4v) is 3.32. The van der Waals surface area contributed by atoms with Crippen molar-refractivity contribution in [2.45, 2.75) is 32.2 Å². The Balaban J connectivity index is 1.87. The van der Waals surface area contributed by atoms with E-state index in [9.17, 15) is 4.79 Å². The highest BCUT2D eigenvalue weighted by atomic mass is 32.1. The molecule has 20 heavy (non-hydrogen) atoms. The van der Waals surface area contributed by atoms with Gasteiger partial charge in [0.15, 0.2) is 5.82 Å². The Labute approximate surface area is 122 Å². The van der Waals surface area contributed by atoms with Crippen molar-refractivity contribution < 1.29 is 4.79 Å². The van der Waals surface area contributed by atoms with Crippen LogP contribution < -0.4 is 5.32 Å². The number of amides is 1. The lowest BCUT2D eigenvalue weighted by Gasteiger charge is -2.19. The summed E-state index contributed by atoms with van der Waals surface area (Å²) in [6.45, 7) is 1.33. The van der Waals surface area contributed by atoms with Crippen LogP contribution in [0.25, 0.3) is 10.2 Å². The van der Waals surface area contributed by atoms with Crippen molar-refractivity contribution in [3.05, 3.63) is 17.3 Å². The van der Waals surface area contributed by atoms with Gasteiger partial charge in [-0.1, -0.05) is 6.42 Å². The first-order chi connectivity index (χ1) is 9.78. The minimum absolute atomic E-state index is 0.225. The lowest BCUT2D eigenvalue weighted by atomic mass is 10.2. The zero-order valence-corrected chi connectivity index (χ0v) is 12.4. The van der Waals surface area contributed by atoms with Crippen LogP contribution in [-0.2, 0) is 11.3 Å². The van der Waals surface area contributed by atoms with Gasteiger partial charge in [-0.15, -0.1) is 11.3 Å². The molecule has 1 N–H and O–H groups in total. The molecule has 0 atom stereocenters. The number of likely N-dealkylation sites (tertiary alicyclic amines) is 1. The third kappa shape index (κ3) is 2.60. The molecule has 3 heterocycles. The fraction of sp³-hybridized carbons (Fsp3) is 0.500. The van der Waals surface area contributed by atoms with Crippen LogP contribution in [0.3, 0.4) is 0 Å². The van der Waals surface area contributed by atoms with Crippen molar-refractivity contribution in [1.82, 2.24) is 14.9 Å². The van der Waals surface area contributed by atoms with Crippen LogP contribution in [-0.4, -0.2) is 34.4 Å². The van der Waals surface area contributed by atoms with Crippen molar-refractivity contribution >= 4 is 33.3 Å². The van der Waals surface area contributed by atoms with Crippen molar-refractivity contribution in [3.8, 4) is 0 Å². The Hall–Kier alpha value is -1.69. The summed E-state index contributed by atoms with van der Waals surface area (Å²) >= 11 is 1.60. The maximum absolute atomic E-state index is 12.0. The number of fused-ring (bicyclic) bond motifs is 1. The standard InChI is InChI=1S/C14H18N4OS/c1-15-13-10-6-8-20-14(10)17-11(16-13)9-18-7-4-2-3-5-12(18)19/h6,8H,2-5,7,9H2,1H3,(H,15,16,17). The smallest absolute Gasteiger partial charge is 0.222 e. The minimum atomic E-state index is 0.225. The zero-order valence-electron chi connectivity index (χ0n) is 11.6. The highest BCUT2D eigenvalue weighted by molar-refractivity contribution is 7.16. The highest BCUT2D eigenvalue weighted by Crippen LogP contribution is 2.25. The van der Waals surface area contributed by atoms with E-state index in [0.29, 0.717) is 13.0 Å². The molecule has 0 spiro atoms. The van der Waals surface area contributed by atoms with Crippen molar-refractivity contribution in [2.75, 3.05) is 18.9 Å². The van der Waals surface area contributed by atoms with Crippen molar-refractivity contribution in [1.29, 1.82) is 0 Å². The molecule has 1 amide bonds. The highest BCUT2D eigenvalue weighted by Gasteiger charge is 2.18. The van der Waals surface area contributed by atoms with Gasteiger partial charge in [0.1, 0.15) is 10.6 Å². The summed E-state index contributed by atoms with van der Waals surface area (Å²) in [6, 6.07) is 2.02. The van der Waals surface area contributed by atoms with Crippen LogP contribution >= 0.6 is 11.3 Å². The lowest BCUT2D eigenvalue weighted by molar-refractivity contribution is -0.131. The number of rotatable bonds is 3. The predicted octanol–water partition coefficient (Wildman–Crippen LogP) is 2.64. The Morgan fingerprint density at radius 1 is 1.35 bits per heavy atom. The van der Waals surface area contributed by atoms with E-state index in [1.54, 1.807) is 11.3 Å². The summed E-state index contributed by atoms with van der Waals surface area (Å²) in [5.41, 5.74) is 0. The number of carbonyl (C=O) groups excluding carboxylic acids is 1. The normalized spacial score (nSPS) is 16.4. The van der Waals surface area contributed by atoms with Crippen molar-refractivity contribution in [2.24, 2.45) is 0 Å². The van der Waals surface area contributed by atoms with Gasteiger partial charge in [-0.2, -0.15) is 0 Å². The van der Waals surface area contributed by atoms with Gasteiger partial charge in [0.05, 0.1) is 11.9 Å². The number of anilines is 1. The number of aromatic nitrogens is 2. The molecule has 106 valence electrons. The van der Waals surface area contributed by atoms with Gasteiger partial charge < -0.3 is 10.2 Å². The predicted molar refractivity (Wildman–Crippen MR) is 80.8 cm³/mol. The molecule has 0 aliphatic carbocycles. The van der Waals surface area contributed by atoms with Crippen LogP contribution in [0.15, 0.2) is 11.4 Å². The monoisotopic (exact) mass is 290 g/mol. The fourth-order valence-electron chi connectivity index (χ4n) is 2.54. The molecule has 1 aliphatic rings. The molecule has 0 radical (unpaired) electrons. The topological polar surface area (TPSA) is 58.1 Å². The van der Waals surface area contributed by atoms with Gasteiger partial charge in [0.25, 0.3) is 0 Å². The average molecular weight is 290 g/mol. The largest absolute Gasteiger partial charge is 0.372 e. The number of nitrogens with one attached hydrogen (secondary N) is 1. The SMILES string of the molecule is CNc1nc(CN2CCCCCC2=O)nc2sccc12. The number of carbonyl (C=O) groups is 1. The Morgan fingerprint density at radius 3 is 3.10 bits per heavy atom. The van der Waals surface area contributed by atoms with E-state index < -0.39 is 0 Å². The van der Waals surface area contributed by atoms with Crippen LogP contribution in [0.5, 0.6) is 0 Å². The molecule has 6 heteroatoms. The van der Waals surface area contributed by atoms with Gasteiger partial charge in [-0.3, -0.25) is 4.79 Å². The zero-order chi connectivity index (χ0) is 13.9. The van der Waals surface area contributed by atoms with Crippen LogP contribution in [0.4, 0.5) is 5.82 Å². The van der Waals surface area contributed by atoms with E-state index in [0.717, 1.165) is 47.7 Å². The maximum Gasteiger partial charge on any atom is 0.222 e. The Morgan fingerprint density at radius 2 is 2.25 bits per heavy atom. The summed E-state index contributed by atoms with van der Waals surface area (Å²) in [5, 5.41) is 6.17. The van der Waals surface area contributed by atoms with E-state index >= 15 is 0 Å². The first-order valence-electron chi connectivity index (χ1n) is 6.97. The Kier molecular flexibility index (Phi) is 3.82. The molecule has 0 unspecified atom stereocenters. The quantitative estimate of drug-likeness (QED) is 0.944. The second-order valence-corrected chi connectivity index (χ2v) is 5.90. The molecule has 1 fully saturated rings. The van der Waals surface area contributed by atoms with Gasteiger partial charge in [0, 0.05) is 20.0 Å². The van der Waals surface area contributed by atoms with Crippen molar-refractivity contribution in [3.63, 3.8) is 0 Å². The molecule has 0 aromatic carbocycles. The number of hydrogen-bond acceptors (Lipinski definition) is 5. The van der Waals surface area contributed by atoms with Crippen LogP contribution in [0.1, 0.15) is 31.5 Å². The third-order valence-electron chi connectivity index (χ3n) is 3.61. The first kappa shape index (κ1) is 13.3. The molecule has 2 aromatic rings. The van der Waals surface area contributed by atoms with E-state index in [1.807, 2.05) is 23.4 Å². The van der Waals surface area contributed by atoms with Gasteiger partial charge in [-0.25, -0.2) is 9.97 Å². The maximum atomic E-state index is 12.0. The molecule has 3 rings (SSSR count). The van der Waals surface area contributed by atoms with E-state index in [4.69, 9.17) is 0 Å². The van der Waals surface area contributed by atoms with Gasteiger partial charge in [-0.05, 0) is 24.3 Å². The average Bonchev–Trinajstić information content (AvgIpc) is 2.84. The summed E-state index contributed by atoms with van der Waals surface area (Å²) in [4.78, 5) is 24.0. The molecular weight excluding hydrogens is 272 g/mol. The summed E-state index contributed by atoms with van der Waals surface area (Å²) in [5.74, 6) is 1.79. The van der Waals surface area contributed by atoms with Crippen LogP contribution in [0.2, 0.25) is 0 Å². The number of nitrogens with zero attached hydrogens (tertiary/aromatic N) is 3. The molecule has 1 aliphatic heterocycles. The van der Waals surface area contributed by atoms with E-state index in [-0.39, 0.29) is 5.91 Å². The molecule has 0 saturated carbocycles. The molecule has 2 aromatic heterocycles. The second kappa shape index (κ2) is 5.75. The Bertz CT molecular complexity index is 625. The second-order valence-electron chi connectivity index (χ2n) is 5.00. The minimum Gasteiger partial charge on any atom is -0.372 e. The number of thiophene rings is 1. The first-order valence-corrected chi connectivity index (χ1v) is 7.85. The summed E-state index contributed by atoms with van der Waals surface area (Å²) in [6.07, 6.45) is 3.86. The molecule has 5 nitrogen and oxygen atoms in total. The lowest BCUT2D eigenvalue weighted by Crippen LogP contribution is -2.30. The molecule has 0 bridgehead atoms. The molecule has 1 saturated heterocycles. The summed E-state index contributed by atoms with van der Waals surface area (Å²) < 4.78 is 0. The van der Waals surface area contributed by atoms with Gasteiger partial charge in [0.2, 0.25) is 5.91 Å². The molecular formula is C14H18N4OS. The van der Waals surface area contributed by atoms with Gasteiger partial charge >= 0.3 is 0 Å².